The number of aliphatic carboxylic acids is 1. The Labute approximate surface area is 199 Å². The minimum Gasteiger partial charge on any atom is -0.494 e. The first-order valence-corrected chi connectivity index (χ1v) is 11.6. The average molecular weight is 476 g/mol. The molecule has 0 aliphatic carbocycles. The van der Waals surface area contributed by atoms with Gasteiger partial charge in [-0.05, 0) is 62.8 Å². The Morgan fingerprint density at radius 2 is 1.22 bits per heavy atom. The van der Waals surface area contributed by atoms with Gasteiger partial charge in [-0.25, -0.2) is 0 Å². The number of carboxylic acid groups (broad SMARTS) is 1. The summed E-state index contributed by atoms with van der Waals surface area (Å²) in [4.78, 5) is 10.4. The van der Waals surface area contributed by atoms with Crippen molar-refractivity contribution in [2.45, 2.75) is 57.8 Å². The monoisotopic (exact) mass is 475 g/mol. The lowest BCUT2D eigenvalue weighted by Crippen LogP contribution is -2.10. The Bertz CT molecular complexity index is 544. The van der Waals surface area contributed by atoms with E-state index >= 15 is 0 Å². The molecule has 0 heterocycles. The van der Waals surface area contributed by atoms with Crippen molar-refractivity contribution in [3.63, 3.8) is 0 Å². The summed E-state index contributed by atoms with van der Waals surface area (Å²) in [5.41, 5.74) is 6.80. The van der Waals surface area contributed by atoms with Crippen molar-refractivity contribution in [3.8, 4) is 5.75 Å². The summed E-state index contributed by atoms with van der Waals surface area (Å²) >= 11 is 0. The Hall–Kier alpha value is -1.38. The van der Waals surface area contributed by atoms with Crippen LogP contribution in [0.3, 0.4) is 0 Å². The van der Waals surface area contributed by atoms with E-state index in [1.165, 1.54) is 5.56 Å². The zero-order valence-corrected chi connectivity index (χ0v) is 20.1. The number of benzene rings is 1. The average Bonchev–Trinajstić information content (AvgIpc) is 2.76. The van der Waals surface area contributed by atoms with Crippen molar-refractivity contribution in [1.82, 2.24) is 0 Å². The second kappa shape index (κ2) is 22.8. The molecule has 186 valence electrons. The molecule has 8 heteroatoms. The van der Waals surface area contributed by atoms with Crippen LogP contribution in [0.1, 0.15) is 56.9 Å². The number of carboxylic acids is 1. The molecule has 1 aromatic rings. The first-order valence-electron chi connectivity index (χ1n) is 11.6. The molecule has 0 unspecified atom stereocenters. The quantitative estimate of drug-likeness (QED) is 0.242. The molecule has 0 fully saturated rings. The lowest BCUT2D eigenvalue weighted by molar-refractivity contribution is -0.137. The minimum atomic E-state index is -0.734. The van der Waals surface area contributed by atoms with E-state index in [4.69, 9.17) is 29.8 Å². The zero-order valence-electron chi connectivity index (χ0n) is 19.3. The maximum absolute atomic E-state index is 10.4. The van der Waals surface area contributed by atoms with Crippen LogP contribution < -0.4 is 10.5 Å². The maximum Gasteiger partial charge on any atom is 0.303 e. The number of halogens is 1. The highest BCUT2D eigenvalue weighted by Crippen LogP contribution is 2.13. The summed E-state index contributed by atoms with van der Waals surface area (Å²) in [6, 6.07) is 8.17. The van der Waals surface area contributed by atoms with E-state index in [1.807, 2.05) is 12.1 Å². The molecular weight excluding hydrogens is 434 g/mol. The van der Waals surface area contributed by atoms with Gasteiger partial charge in [0.1, 0.15) is 5.75 Å². The number of nitrogens with two attached hydrogens (primary N) is 1. The van der Waals surface area contributed by atoms with Crippen LogP contribution in [0, 0.1) is 0 Å². The first kappa shape index (κ1) is 30.6. The number of carbonyl (C=O) groups is 1. The van der Waals surface area contributed by atoms with Crippen LogP contribution in [0.5, 0.6) is 5.75 Å². The lowest BCUT2D eigenvalue weighted by atomic mass is 10.1. The first-order chi connectivity index (χ1) is 15.2. The normalized spacial score (nSPS) is 10.7. The van der Waals surface area contributed by atoms with Crippen LogP contribution >= 0.6 is 12.4 Å². The highest BCUT2D eigenvalue weighted by Gasteiger charge is 1.98. The smallest absolute Gasteiger partial charge is 0.303 e. The van der Waals surface area contributed by atoms with Gasteiger partial charge in [-0.15, -0.1) is 12.4 Å². The van der Waals surface area contributed by atoms with Crippen molar-refractivity contribution < 1.29 is 28.8 Å². The van der Waals surface area contributed by atoms with E-state index in [9.17, 15) is 4.79 Å². The van der Waals surface area contributed by atoms with Gasteiger partial charge in [0.05, 0.1) is 33.0 Å². The van der Waals surface area contributed by atoms with Crippen molar-refractivity contribution in [2.75, 3.05) is 52.8 Å². The molecule has 7 nitrogen and oxygen atoms in total. The summed E-state index contributed by atoms with van der Waals surface area (Å²) in [6.07, 6.45) is 8.02. The van der Waals surface area contributed by atoms with Gasteiger partial charge in [-0.3, -0.25) is 4.79 Å². The molecule has 0 spiro atoms. The van der Waals surface area contributed by atoms with E-state index in [0.29, 0.717) is 46.0 Å². The third-order valence-electron chi connectivity index (χ3n) is 4.73. The fourth-order valence-electron chi connectivity index (χ4n) is 2.97. The fraction of sp³-hybridized carbons (Fsp3) is 0.708. The molecule has 0 aliphatic heterocycles. The molecule has 0 atom stereocenters. The van der Waals surface area contributed by atoms with E-state index in [2.05, 4.69) is 12.1 Å². The summed E-state index contributed by atoms with van der Waals surface area (Å²) in [5, 5.41) is 8.54. The van der Waals surface area contributed by atoms with Gasteiger partial charge in [0, 0.05) is 19.6 Å². The van der Waals surface area contributed by atoms with Crippen LogP contribution in [-0.2, 0) is 25.4 Å². The highest BCUT2D eigenvalue weighted by atomic mass is 35.5. The van der Waals surface area contributed by atoms with Gasteiger partial charge in [0.25, 0.3) is 0 Å². The van der Waals surface area contributed by atoms with Crippen molar-refractivity contribution in [1.29, 1.82) is 0 Å². The third kappa shape index (κ3) is 19.3. The molecule has 3 N–H and O–H groups in total. The van der Waals surface area contributed by atoms with Crippen LogP contribution in [-0.4, -0.2) is 63.9 Å². The van der Waals surface area contributed by atoms with Gasteiger partial charge in [-0.1, -0.05) is 25.0 Å². The molecule has 32 heavy (non-hydrogen) atoms. The molecule has 0 saturated carbocycles. The predicted octanol–water partition coefficient (Wildman–Crippen LogP) is 4.24. The van der Waals surface area contributed by atoms with Gasteiger partial charge in [-0.2, -0.15) is 0 Å². The Morgan fingerprint density at radius 1 is 0.719 bits per heavy atom. The standard InChI is InChI=1S/C24H41NO6.ClH/c25-14-13-22-9-11-23(12-10-22)31-17-7-2-1-5-15-28-18-20-30-21-19-29-16-6-3-4-8-24(26)27;/h9-12H,1-8,13-21,25H2,(H,26,27);1H. The second-order valence-electron chi connectivity index (χ2n) is 7.49. The fourth-order valence-corrected chi connectivity index (χ4v) is 2.97. The minimum absolute atomic E-state index is 0. The van der Waals surface area contributed by atoms with E-state index < -0.39 is 5.97 Å². The van der Waals surface area contributed by atoms with Crippen molar-refractivity contribution in [2.24, 2.45) is 5.73 Å². The van der Waals surface area contributed by atoms with Gasteiger partial charge in [0.15, 0.2) is 0 Å². The van der Waals surface area contributed by atoms with E-state index in [-0.39, 0.29) is 18.8 Å². The topological polar surface area (TPSA) is 100 Å². The van der Waals surface area contributed by atoms with Gasteiger partial charge < -0.3 is 29.8 Å². The Morgan fingerprint density at radius 3 is 1.75 bits per heavy atom. The zero-order chi connectivity index (χ0) is 22.4. The summed E-state index contributed by atoms with van der Waals surface area (Å²) in [5.74, 6) is 0.188. The molecule has 0 aliphatic rings. The van der Waals surface area contributed by atoms with Crippen LogP contribution in [0.2, 0.25) is 0 Å². The number of ether oxygens (including phenoxy) is 4. The summed E-state index contributed by atoms with van der Waals surface area (Å²) in [6.45, 7) is 5.16. The molecular formula is C24H42ClNO6. The molecule has 1 rings (SSSR count). The highest BCUT2D eigenvalue weighted by molar-refractivity contribution is 5.85. The molecule has 0 amide bonds. The van der Waals surface area contributed by atoms with Crippen LogP contribution in [0.25, 0.3) is 0 Å². The van der Waals surface area contributed by atoms with E-state index in [1.54, 1.807) is 0 Å². The van der Waals surface area contributed by atoms with Crippen molar-refractivity contribution >= 4 is 18.4 Å². The maximum atomic E-state index is 10.4. The number of rotatable bonds is 22. The predicted molar refractivity (Wildman–Crippen MR) is 129 cm³/mol. The number of hydrogen-bond donors (Lipinski definition) is 2. The van der Waals surface area contributed by atoms with E-state index in [0.717, 1.165) is 63.9 Å². The summed E-state index contributed by atoms with van der Waals surface area (Å²) in [7, 11) is 0. The number of hydrogen-bond acceptors (Lipinski definition) is 6. The summed E-state index contributed by atoms with van der Waals surface area (Å²) < 4.78 is 22.3. The van der Waals surface area contributed by atoms with Gasteiger partial charge >= 0.3 is 5.97 Å². The Kier molecular flexibility index (Phi) is 21.8. The van der Waals surface area contributed by atoms with Crippen LogP contribution in [0.15, 0.2) is 24.3 Å². The van der Waals surface area contributed by atoms with Crippen LogP contribution in [0.4, 0.5) is 0 Å². The molecule has 0 radical (unpaired) electrons. The van der Waals surface area contributed by atoms with Crippen molar-refractivity contribution in [3.05, 3.63) is 29.8 Å². The van der Waals surface area contributed by atoms with Gasteiger partial charge in [0.2, 0.25) is 0 Å². The number of unbranched alkanes of at least 4 members (excludes halogenated alkanes) is 5. The largest absolute Gasteiger partial charge is 0.494 e. The second-order valence-corrected chi connectivity index (χ2v) is 7.49. The third-order valence-corrected chi connectivity index (χ3v) is 4.73. The molecule has 0 saturated heterocycles. The molecule has 0 aromatic heterocycles. The lowest BCUT2D eigenvalue weighted by Gasteiger charge is -2.08. The molecule has 0 bridgehead atoms. The Balaban J connectivity index is 0.00000961. The molecule has 1 aromatic carbocycles. The SMILES string of the molecule is Cl.NCCc1ccc(OCCCCCCOCCOCCOCCCCCC(=O)O)cc1.